The lowest BCUT2D eigenvalue weighted by molar-refractivity contribution is 1.09. The number of rotatable bonds is 2. The van der Waals surface area contributed by atoms with E-state index >= 15 is 0 Å². The van der Waals surface area contributed by atoms with Crippen molar-refractivity contribution in [2.75, 3.05) is 12.4 Å². The molecule has 3 aromatic rings. The molecule has 7 nitrogen and oxygen atoms in total. The Morgan fingerprint density at radius 2 is 2.11 bits per heavy atom. The summed E-state index contributed by atoms with van der Waals surface area (Å²) in [4.78, 5) is 13.0. The van der Waals surface area contributed by atoms with Crippen molar-refractivity contribution in [2.24, 2.45) is 0 Å². The van der Waals surface area contributed by atoms with E-state index in [1.165, 1.54) is 0 Å². The quantitative estimate of drug-likeness (QED) is 0.712. The van der Waals surface area contributed by atoms with E-state index < -0.39 is 0 Å². The first-order valence-electron chi connectivity index (χ1n) is 5.57. The van der Waals surface area contributed by atoms with Gasteiger partial charge in [-0.2, -0.15) is 10.4 Å². The van der Waals surface area contributed by atoms with Crippen LogP contribution in [0.25, 0.3) is 22.6 Å². The molecule has 0 fully saturated rings. The van der Waals surface area contributed by atoms with Crippen LogP contribution in [0.2, 0.25) is 0 Å². The van der Waals surface area contributed by atoms with Crippen molar-refractivity contribution in [3.05, 3.63) is 30.1 Å². The van der Waals surface area contributed by atoms with Gasteiger partial charge in [0.05, 0.1) is 23.7 Å². The number of fused-ring (bicyclic) bond motifs is 1. The number of pyridine rings is 1. The summed E-state index contributed by atoms with van der Waals surface area (Å²) < 4.78 is 0. The van der Waals surface area contributed by atoms with Gasteiger partial charge in [-0.05, 0) is 12.1 Å². The molecule has 0 saturated heterocycles. The van der Waals surface area contributed by atoms with Crippen molar-refractivity contribution >= 4 is 17.0 Å². The second kappa shape index (κ2) is 4.34. The van der Waals surface area contributed by atoms with E-state index in [4.69, 9.17) is 5.26 Å². The highest BCUT2D eigenvalue weighted by Gasteiger charge is 2.08. The third-order valence-electron chi connectivity index (χ3n) is 2.67. The standard InChI is InChI=1S/C12H9N7/c1-14-11-7(4-13)2-3-8(17-11)9-5-15-10-6-16-19-12(10)18-9/h2-3,5-6H,1H3,(H,14,17)(H,16,18,19). The first-order chi connectivity index (χ1) is 9.31. The molecule has 0 aromatic carbocycles. The first-order valence-corrected chi connectivity index (χ1v) is 5.57. The van der Waals surface area contributed by atoms with Crippen molar-refractivity contribution in [3.8, 4) is 17.5 Å². The summed E-state index contributed by atoms with van der Waals surface area (Å²) in [6.45, 7) is 0. The van der Waals surface area contributed by atoms with Crippen LogP contribution in [0.5, 0.6) is 0 Å². The molecule has 19 heavy (non-hydrogen) atoms. The van der Waals surface area contributed by atoms with Crippen LogP contribution < -0.4 is 5.32 Å². The van der Waals surface area contributed by atoms with Gasteiger partial charge in [0.25, 0.3) is 0 Å². The predicted molar refractivity (Wildman–Crippen MR) is 69.2 cm³/mol. The molecule has 0 unspecified atom stereocenters. The second-order valence-corrected chi connectivity index (χ2v) is 3.81. The zero-order valence-electron chi connectivity index (χ0n) is 10.0. The molecule has 0 amide bonds. The minimum Gasteiger partial charge on any atom is -0.372 e. The second-order valence-electron chi connectivity index (χ2n) is 3.81. The number of aromatic nitrogens is 5. The van der Waals surface area contributed by atoms with Gasteiger partial charge in [0.2, 0.25) is 0 Å². The Morgan fingerprint density at radius 1 is 1.21 bits per heavy atom. The molecule has 0 aliphatic rings. The van der Waals surface area contributed by atoms with Gasteiger partial charge in [-0.3, -0.25) is 5.10 Å². The van der Waals surface area contributed by atoms with Crippen LogP contribution in [0.4, 0.5) is 5.82 Å². The molecule has 7 heteroatoms. The Labute approximate surface area is 108 Å². The van der Waals surface area contributed by atoms with Crippen LogP contribution in [-0.2, 0) is 0 Å². The minimum absolute atomic E-state index is 0.488. The van der Waals surface area contributed by atoms with Crippen LogP contribution in [0.1, 0.15) is 5.56 Å². The Kier molecular flexibility index (Phi) is 2.54. The fourth-order valence-electron chi connectivity index (χ4n) is 1.74. The number of H-pyrrole nitrogens is 1. The molecule has 2 N–H and O–H groups in total. The number of nitrogens with one attached hydrogen (secondary N) is 2. The van der Waals surface area contributed by atoms with Crippen LogP contribution in [0, 0.1) is 11.3 Å². The van der Waals surface area contributed by atoms with Gasteiger partial charge in [0, 0.05) is 7.05 Å². The van der Waals surface area contributed by atoms with Gasteiger partial charge in [-0.25, -0.2) is 15.0 Å². The maximum absolute atomic E-state index is 8.95. The monoisotopic (exact) mass is 251 g/mol. The number of anilines is 1. The Morgan fingerprint density at radius 3 is 2.89 bits per heavy atom. The van der Waals surface area contributed by atoms with E-state index in [1.54, 1.807) is 31.6 Å². The molecule has 3 heterocycles. The van der Waals surface area contributed by atoms with Gasteiger partial charge in [0.15, 0.2) is 5.65 Å². The first kappa shape index (κ1) is 11.1. The summed E-state index contributed by atoms with van der Waals surface area (Å²) >= 11 is 0. The number of nitriles is 1. The zero-order chi connectivity index (χ0) is 13.2. The highest BCUT2D eigenvalue weighted by atomic mass is 15.1. The van der Waals surface area contributed by atoms with Crippen molar-refractivity contribution in [2.45, 2.75) is 0 Å². The fourth-order valence-corrected chi connectivity index (χ4v) is 1.74. The molecule has 3 aromatic heterocycles. The Bertz CT molecular complexity index is 784. The molecule has 0 bridgehead atoms. The van der Waals surface area contributed by atoms with Gasteiger partial charge in [-0.15, -0.1) is 0 Å². The van der Waals surface area contributed by atoms with Gasteiger partial charge in [-0.1, -0.05) is 0 Å². The van der Waals surface area contributed by atoms with Crippen LogP contribution in [0.3, 0.4) is 0 Å². The normalized spacial score (nSPS) is 10.3. The molecular weight excluding hydrogens is 242 g/mol. The lowest BCUT2D eigenvalue weighted by Gasteiger charge is -2.05. The lowest BCUT2D eigenvalue weighted by atomic mass is 10.2. The largest absolute Gasteiger partial charge is 0.372 e. The summed E-state index contributed by atoms with van der Waals surface area (Å²) in [6, 6.07) is 5.52. The lowest BCUT2D eigenvalue weighted by Crippen LogP contribution is -1.98. The molecule has 0 saturated carbocycles. The predicted octanol–water partition coefficient (Wildman–Crippen LogP) is 1.33. The van der Waals surface area contributed by atoms with E-state index in [-0.39, 0.29) is 0 Å². The molecule has 92 valence electrons. The summed E-state index contributed by atoms with van der Waals surface area (Å²) in [6.07, 6.45) is 3.24. The van der Waals surface area contributed by atoms with Crippen molar-refractivity contribution in [1.82, 2.24) is 25.1 Å². The smallest absolute Gasteiger partial charge is 0.174 e. The Hall–Kier alpha value is -3.01. The van der Waals surface area contributed by atoms with Crippen LogP contribution in [0.15, 0.2) is 24.5 Å². The van der Waals surface area contributed by atoms with E-state index in [1.807, 2.05) is 0 Å². The molecule has 0 aliphatic carbocycles. The van der Waals surface area contributed by atoms with E-state index in [0.717, 1.165) is 0 Å². The molecule has 0 atom stereocenters. The van der Waals surface area contributed by atoms with Gasteiger partial charge < -0.3 is 5.32 Å². The Balaban J connectivity index is 2.13. The van der Waals surface area contributed by atoms with Crippen molar-refractivity contribution in [3.63, 3.8) is 0 Å². The topological polar surface area (TPSA) is 103 Å². The highest BCUT2D eigenvalue weighted by molar-refractivity contribution is 5.72. The average Bonchev–Trinajstić information content (AvgIpc) is 2.93. The van der Waals surface area contributed by atoms with Gasteiger partial charge in [0.1, 0.15) is 23.1 Å². The number of hydrogen-bond acceptors (Lipinski definition) is 6. The van der Waals surface area contributed by atoms with E-state index in [9.17, 15) is 0 Å². The number of hydrogen-bond donors (Lipinski definition) is 2. The molecular formula is C12H9N7. The summed E-state index contributed by atoms with van der Waals surface area (Å²) in [5.41, 5.74) is 3.06. The zero-order valence-corrected chi connectivity index (χ0v) is 10.0. The summed E-state index contributed by atoms with van der Waals surface area (Å²) in [5, 5.41) is 18.5. The maximum atomic E-state index is 8.95. The third kappa shape index (κ3) is 1.85. The van der Waals surface area contributed by atoms with Crippen LogP contribution in [-0.4, -0.2) is 32.2 Å². The number of nitrogens with zero attached hydrogens (tertiary/aromatic N) is 5. The molecule has 0 aliphatic heterocycles. The molecule has 3 rings (SSSR count). The summed E-state index contributed by atoms with van der Waals surface area (Å²) in [7, 11) is 1.72. The molecule has 0 spiro atoms. The SMILES string of the molecule is CNc1nc(-c2cnc3cn[nH]c3n2)ccc1C#N. The third-order valence-corrected chi connectivity index (χ3v) is 2.67. The number of aromatic amines is 1. The fraction of sp³-hybridized carbons (Fsp3) is 0.0833. The molecule has 0 radical (unpaired) electrons. The van der Waals surface area contributed by atoms with Gasteiger partial charge >= 0.3 is 0 Å². The maximum Gasteiger partial charge on any atom is 0.174 e. The summed E-state index contributed by atoms with van der Waals surface area (Å²) in [5.74, 6) is 0.520. The highest BCUT2D eigenvalue weighted by Crippen LogP contribution is 2.20. The van der Waals surface area contributed by atoms with E-state index in [0.29, 0.717) is 33.9 Å². The van der Waals surface area contributed by atoms with E-state index in [2.05, 4.69) is 36.5 Å². The average molecular weight is 251 g/mol. The minimum atomic E-state index is 0.488. The van der Waals surface area contributed by atoms with Crippen molar-refractivity contribution < 1.29 is 0 Å². The van der Waals surface area contributed by atoms with Crippen LogP contribution >= 0.6 is 0 Å². The van der Waals surface area contributed by atoms with Crippen molar-refractivity contribution in [1.29, 1.82) is 5.26 Å².